The van der Waals surface area contributed by atoms with E-state index in [1.165, 1.54) is 0 Å². The minimum Gasteiger partial charge on any atom is -0.461 e. The van der Waals surface area contributed by atoms with Crippen LogP contribution >= 0.6 is 11.3 Å². The average molecular weight is 254 g/mol. The number of nitrogens with two attached hydrogens (primary N) is 1. The lowest BCUT2D eigenvalue weighted by Gasteiger charge is -2.02. The Morgan fingerprint density at radius 3 is 3.06 bits per heavy atom. The van der Waals surface area contributed by atoms with Gasteiger partial charge in [0.15, 0.2) is 5.13 Å². The molecule has 1 rings (SSSR count). The van der Waals surface area contributed by atoms with Gasteiger partial charge in [-0.3, -0.25) is 0 Å². The third-order valence-electron chi connectivity index (χ3n) is 1.52. The van der Waals surface area contributed by atoms with Crippen molar-refractivity contribution in [1.29, 1.82) is 5.26 Å². The number of nitrogen functional groups attached to an aromatic ring is 1. The number of carbonyl (C=O) groups excluding carboxylic acids is 1. The van der Waals surface area contributed by atoms with E-state index < -0.39 is 5.97 Å². The topological polar surface area (TPSA) is 111 Å². The van der Waals surface area contributed by atoms with Gasteiger partial charge in [-0.05, 0) is 6.92 Å². The molecule has 0 amide bonds. The van der Waals surface area contributed by atoms with Gasteiger partial charge < -0.3 is 15.3 Å². The van der Waals surface area contributed by atoms with Gasteiger partial charge in [0.1, 0.15) is 11.8 Å². The maximum atomic E-state index is 11.6. The lowest BCUT2D eigenvalue weighted by Crippen LogP contribution is -2.19. The van der Waals surface area contributed by atoms with Crippen LogP contribution in [0.4, 0.5) is 5.13 Å². The molecule has 0 atom stereocenters. The SMILES string of the molecule is CCOC(=O)/C(=N/OCC#N)c1csc(N)n1. The highest BCUT2D eigenvalue weighted by molar-refractivity contribution is 7.13. The predicted octanol–water partition coefficient (Wildman–Crippen LogP) is 0.533. The molecule has 0 radical (unpaired) electrons. The van der Waals surface area contributed by atoms with Crippen molar-refractivity contribution < 1.29 is 14.4 Å². The molecule has 8 heteroatoms. The first-order valence-electron chi connectivity index (χ1n) is 4.64. The van der Waals surface area contributed by atoms with Crippen molar-refractivity contribution in [1.82, 2.24) is 4.98 Å². The first kappa shape index (κ1) is 12.9. The van der Waals surface area contributed by atoms with E-state index in [0.717, 1.165) is 11.3 Å². The van der Waals surface area contributed by atoms with Crippen molar-refractivity contribution in [2.75, 3.05) is 18.9 Å². The third-order valence-corrected chi connectivity index (χ3v) is 2.19. The number of anilines is 1. The Hall–Kier alpha value is -2.14. The van der Waals surface area contributed by atoms with Crippen LogP contribution in [0.15, 0.2) is 10.5 Å². The van der Waals surface area contributed by atoms with E-state index in [4.69, 9.17) is 15.7 Å². The molecule has 0 saturated heterocycles. The number of rotatable bonds is 5. The summed E-state index contributed by atoms with van der Waals surface area (Å²) < 4.78 is 4.79. The smallest absolute Gasteiger partial charge is 0.362 e. The summed E-state index contributed by atoms with van der Waals surface area (Å²) in [6.45, 7) is 1.61. The summed E-state index contributed by atoms with van der Waals surface area (Å²) >= 11 is 1.16. The van der Waals surface area contributed by atoms with E-state index in [1.54, 1.807) is 18.4 Å². The fourth-order valence-corrected chi connectivity index (χ4v) is 1.46. The Kier molecular flexibility index (Phi) is 4.90. The van der Waals surface area contributed by atoms with Gasteiger partial charge in [-0.15, -0.1) is 11.3 Å². The second-order valence-electron chi connectivity index (χ2n) is 2.66. The fourth-order valence-electron chi connectivity index (χ4n) is 0.910. The van der Waals surface area contributed by atoms with Gasteiger partial charge >= 0.3 is 5.97 Å². The molecule has 17 heavy (non-hydrogen) atoms. The molecular weight excluding hydrogens is 244 g/mol. The minimum atomic E-state index is -0.671. The molecule has 0 saturated carbocycles. The number of aromatic nitrogens is 1. The Morgan fingerprint density at radius 1 is 1.76 bits per heavy atom. The number of hydrogen-bond acceptors (Lipinski definition) is 8. The number of esters is 1. The summed E-state index contributed by atoms with van der Waals surface area (Å²) in [6.07, 6.45) is 0. The lowest BCUT2D eigenvalue weighted by atomic mass is 10.3. The largest absolute Gasteiger partial charge is 0.461 e. The Morgan fingerprint density at radius 2 is 2.53 bits per heavy atom. The van der Waals surface area contributed by atoms with Gasteiger partial charge in [-0.25, -0.2) is 9.78 Å². The van der Waals surface area contributed by atoms with Crippen LogP contribution in [0.5, 0.6) is 0 Å². The molecule has 0 bridgehead atoms. The van der Waals surface area contributed by atoms with Crippen LogP contribution in [-0.4, -0.2) is 29.9 Å². The van der Waals surface area contributed by atoms with Crippen molar-refractivity contribution in [2.24, 2.45) is 5.16 Å². The van der Waals surface area contributed by atoms with Crippen LogP contribution in [0.3, 0.4) is 0 Å². The molecule has 7 nitrogen and oxygen atoms in total. The number of oxime groups is 1. The van der Waals surface area contributed by atoms with Gasteiger partial charge in [0, 0.05) is 5.38 Å². The summed E-state index contributed by atoms with van der Waals surface area (Å²) in [4.78, 5) is 20.1. The van der Waals surface area contributed by atoms with Gasteiger partial charge in [0.2, 0.25) is 12.3 Å². The second-order valence-corrected chi connectivity index (χ2v) is 3.55. The normalized spacial score (nSPS) is 10.7. The molecule has 0 aliphatic rings. The number of hydrogen-bond donors (Lipinski definition) is 1. The summed E-state index contributed by atoms with van der Waals surface area (Å²) in [6, 6.07) is 1.73. The van der Waals surface area contributed by atoms with Crippen molar-refractivity contribution in [2.45, 2.75) is 6.92 Å². The van der Waals surface area contributed by atoms with Crippen LogP contribution in [0.25, 0.3) is 0 Å². The van der Waals surface area contributed by atoms with E-state index in [2.05, 4.69) is 15.0 Å². The van der Waals surface area contributed by atoms with E-state index in [-0.39, 0.29) is 24.6 Å². The molecular formula is C9H10N4O3S. The van der Waals surface area contributed by atoms with E-state index >= 15 is 0 Å². The molecule has 2 N–H and O–H groups in total. The number of nitriles is 1. The highest BCUT2D eigenvalue weighted by atomic mass is 32.1. The maximum Gasteiger partial charge on any atom is 0.362 e. The summed E-state index contributed by atoms with van der Waals surface area (Å²) in [5.41, 5.74) is 5.62. The van der Waals surface area contributed by atoms with Crippen molar-refractivity contribution in [3.8, 4) is 6.07 Å². The van der Waals surface area contributed by atoms with Gasteiger partial charge in [0.25, 0.3) is 0 Å². The molecule has 0 unspecified atom stereocenters. The molecule has 1 heterocycles. The zero-order chi connectivity index (χ0) is 12.7. The average Bonchev–Trinajstić information content (AvgIpc) is 2.71. The minimum absolute atomic E-state index is 0.102. The lowest BCUT2D eigenvalue weighted by molar-refractivity contribution is -0.135. The Balaban J connectivity index is 2.90. The van der Waals surface area contributed by atoms with Crippen LogP contribution in [-0.2, 0) is 14.4 Å². The van der Waals surface area contributed by atoms with E-state index in [0.29, 0.717) is 5.13 Å². The standard InChI is InChI=1S/C9H10N4O3S/c1-2-15-8(14)7(13-16-4-3-10)6-5-17-9(11)12-6/h5H,2,4H2,1H3,(H2,11,12)/b13-7+. The van der Waals surface area contributed by atoms with Gasteiger partial charge in [-0.2, -0.15) is 5.26 Å². The molecule has 1 aromatic heterocycles. The summed E-state index contributed by atoms with van der Waals surface area (Å²) in [5.74, 6) is -0.671. The van der Waals surface area contributed by atoms with Crippen molar-refractivity contribution >= 4 is 28.1 Å². The van der Waals surface area contributed by atoms with E-state index in [9.17, 15) is 4.79 Å². The zero-order valence-electron chi connectivity index (χ0n) is 9.04. The molecule has 1 aromatic rings. The Labute approximate surface area is 101 Å². The second kappa shape index (κ2) is 6.44. The number of ether oxygens (including phenoxy) is 1. The third kappa shape index (κ3) is 3.73. The highest BCUT2D eigenvalue weighted by Gasteiger charge is 2.19. The van der Waals surface area contributed by atoms with Crippen LogP contribution in [0.1, 0.15) is 12.6 Å². The first-order chi connectivity index (χ1) is 8.19. The van der Waals surface area contributed by atoms with Crippen LogP contribution in [0, 0.1) is 11.3 Å². The zero-order valence-corrected chi connectivity index (χ0v) is 9.86. The molecule has 90 valence electrons. The molecule has 0 aliphatic carbocycles. The monoisotopic (exact) mass is 254 g/mol. The molecule has 0 aliphatic heterocycles. The molecule has 0 fully saturated rings. The fraction of sp³-hybridized carbons (Fsp3) is 0.333. The molecule has 0 aromatic carbocycles. The first-order valence-corrected chi connectivity index (χ1v) is 5.52. The quantitative estimate of drug-likeness (QED) is 0.355. The van der Waals surface area contributed by atoms with Gasteiger partial charge in [0.05, 0.1) is 6.61 Å². The number of nitrogens with zero attached hydrogens (tertiary/aromatic N) is 3. The van der Waals surface area contributed by atoms with Crippen molar-refractivity contribution in [3.63, 3.8) is 0 Å². The molecule has 0 spiro atoms. The Bertz CT molecular complexity index is 463. The van der Waals surface area contributed by atoms with Crippen LogP contribution in [0.2, 0.25) is 0 Å². The number of carbonyl (C=O) groups is 1. The van der Waals surface area contributed by atoms with Crippen LogP contribution < -0.4 is 5.73 Å². The van der Waals surface area contributed by atoms with E-state index in [1.807, 2.05) is 0 Å². The predicted molar refractivity (Wildman–Crippen MR) is 61.3 cm³/mol. The van der Waals surface area contributed by atoms with Crippen molar-refractivity contribution in [3.05, 3.63) is 11.1 Å². The number of thiazole rings is 1. The summed E-state index contributed by atoms with van der Waals surface area (Å²) in [5, 5.41) is 13.7. The maximum absolute atomic E-state index is 11.6. The van der Waals surface area contributed by atoms with Gasteiger partial charge in [-0.1, -0.05) is 5.16 Å². The summed E-state index contributed by atoms with van der Waals surface area (Å²) in [7, 11) is 0. The highest BCUT2D eigenvalue weighted by Crippen LogP contribution is 2.12.